The van der Waals surface area contributed by atoms with Gasteiger partial charge in [-0.15, -0.1) is 0 Å². The fourth-order valence-electron chi connectivity index (χ4n) is 1.58. The van der Waals surface area contributed by atoms with E-state index in [1.807, 2.05) is 0 Å². The molecule has 0 aliphatic carbocycles. The first-order chi connectivity index (χ1) is 6.29. The summed E-state index contributed by atoms with van der Waals surface area (Å²) in [6.45, 7) is 1.24. The van der Waals surface area contributed by atoms with Gasteiger partial charge in [0.2, 0.25) is 0 Å². The molecular weight excluding hydrogens is 169 g/mol. The van der Waals surface area contributed by atoms with Crippen LogP contribution in [0.3, 0.4) is 0 Å². The molecule has 0 bridgehead atoms. The van der Waals surface area contributed by atoms with Crippen molar-refractivity contribution in [2.24, 2.45) is 11.7 Å². The van der Waals surface area contributed by atoms with Crippen molar-refractivity contribution in [1.29, 1.82) is 0 Å². The minimum atomic E-state index is -0.208. The van der Waals surface area contributed by atoms with Gasteiger partial charge >= 0.3 is 0 Å². The van der Waals surface area contributed by atoms with E-state index in [1.54, 1.807) is 6.07 Å². The Bertz CT molecular complexity index is 314. The molecule has 0 aromatic heterocycles. The molecule has 0 saturated carbocycles. The summed E-state index contributed by atoms with van der Waals surface area (Å²) in [5.74, 6) is 0.917. The molecule has 70 valence electrons. The summed E-state index contributed by atoms with van der Waals surface area (Å²) in [6.07, 6.45) is 0.823. The SMILES string of the molecule is NCC1COc2ccc(F)cc2C1. The van der Waals surface area contributed by atoms with E-state index < -0.39 is 0 Å². The summed E-state index contributed by atoms with van der Waals surface area (Å²) in [6, 6.07) is 4.62. The molecular formula is C10H12FNO. The topological polar surface area (TPSA) is 35.2 Å². The second kappa shape index (κ2) is 3.34. The fourth-order valence-corrected chi connectivity index (χ4v) is 1.58. The Morgan fingerprint density at radius 2 is 2.38 bits per heavy atom. The van der Waals surface area contributed by atoms with Crippen LogP contribution >= 0.6 is 0 Å². The zero-order chi connectivity index (χ0) is 9.26. The lowest BCUT2D eigenvalue weighted by Crippen LogP contribution is -2.27. The molecule has 1 aromatic rings. The lowest BCUT2D eigenvalue weighted by atomic mass is 9.97. The highest BCUT2D eigenvalue weighted by Gasteiger charge is 2.18. The van der Waals surface area contributed by atoms with Crippen LogP contribution in [0.15, 0.2) is 18.2 Å². The van der Waals surface area contributed by atoms with Gasteiger partial charge in [-0.2, -0.15) is 0 Å². The average molecular weight is 181 g/mol. The predicted molar refractivity (Wildman–Crippen MR) is 48.1 cm³/mol. The van der Waals surface area contributed by atoms with E-state index in [2.05, 4.69) is 0 Å². The highest BCUT2D eigenvalue weighted by atomic mass is 19.1. The van der Waals surface area contributed by atoms with Crippen molar-refractivity contribution in [3.8, 4) is 5.75 Å². The standard InChI is InChI=1S/C10H12FNO/c11-9-1-2-10-8(4-9)3-7(5-12)6-13-10/h1-2,4,7H,3,5-6,12H2. The van der Waals surface area contributed by atoms with Crippen LogP contribution in [0.4, 0.5) is 4.39 Å². The van der Waals surface area contributed by atoms with Crippen LogP contribution in [0.2, 0.25) is 0 Å². The number of fused-ring (bicyclic) bond motifs is 1. The molecule has 1 unspecified atom stereocenters. The molecule has 0 fully saturated rings. The van der Waals surface area contributed by atoms with Crippen molar-refractivity contribution in [2.75, 3.05) is 13.2 Å². The van der Waals surface area contributed by atoms with Gasteiger partial charge in [-0.05, 0) is 36.7 Å². The number of halogens is 1. The van der Waals surface area contributed by atoms with E-state index in [0.717, 1.165) is 17.7 Å². The van der Waals surface area contributed by atoms with Gasteiger partial charge in [-0.3, -0.25) is 0 Å². The van der Waals surface area contributed by atoms with Gasteiger partial charge < -0.3 is 10.5 Å². The van der Waals surface area contributed by atoms with Crippen LogP contribution in [0.5, 0.6) is 5.75 Å². The molecule has 1 aromatic carbocycles. The second-order valence-corrected chi connectivity index (χ2v) is 3.37. The predicted octanol–water partition coefficient (Wildman–Crippen LogP) is 1.34. The maximum Gasteiger partial charge on any atom is 0.123 e. The first kappa shape index (κ1) is 8.51. The van der Waals surface area contributed by atoms with Gasteiger partial charge in [0.1, 0.15) is 11.6 Å². The molecule has 1 atom stereocenters. The van der Waals surface area contributed by atoms with E-state index in [1.165, 1.54) is 12.1 Å². The lowest BCUT2D eigenvalue weighted by molar-refractivity contribution is 0.226. The molecule has 2 N–H and O–H groups in total. The molecule has 0 amide bonds. The smallest absolute Gasteiger partial charge is 0.123 e. The third-order valence-corrected chi connectivity index (χ3v) is 2.34. The summed E-state index contributed by atoms with van der Waals surface area (Å²) in [4.78, 5) is 0. The summed E-state index contributed by atoms with van der Waals surface area (Å²) < 4.78 is 18.3. The molecule has 0 saturated heterocycles. The monoisotopic (exact) mass is 181 g/mol. The van der Waals surface area contributed by atoms with Crippen LogP contribution < -0.4 is 10.5 Å². The van der Waals surface area contributed by atoms with E-state index in [-0.39, 0.29) is 5.82 Å². The van der Waals surface area contributed by atoms with Crippen molar-refractivity contribution in [3.05, 3.63) is 29.6 Å². The zero-order valence-corrected chi connectivity index (χ0v) is 7.29. The van der Waals surface area contributed by atoms with E-state index in [4.69, 9.17) is 10.5 Å². The quantitative estimate of drug-likeness (QED) is 0.709. The summed E-state index contributed by atoms with van der Waals surface area (Å²) in [5.41, 5.74) is 6.46. The van der Waals surface area contributed by atoms with Gasteiger partial charge in [0.05, 0.1) is 6.61 Å². The minimum Gasteiger partial charge on any atom is -0.493 e. The Morgan fingerprint density at radius 3 is 3.15 bits per heavy atom. The Morgan fingerprint density at radius 1 is 1.54 bits per heavy atom. The van der Waals surface area contributed by atoms with Crippen molar-refractivity contribution < 1.29 is 9.13 Å². The van der Waals surface area contributed by atoms with Gasteiger partial charge in [0, 0.05) is 5.92 Å². The molecule has 2 nitrogen and oxygen atoms in total. The van der Waals surface area contributed by atoms with E-state index in [9.17, 15) is 4.39 Å². The zero-order valence-electron chi connectivity index (χ0n) is 7.29. The van der Waals surface area contributed by atoms with Crippen LogP contribution in [0.25, 0.3) is 0 Å². The Balaban J connectivity index is 2.27. The minimum absolute atomic E-state index is 0.208. The highest BCUT2D eigenvalue weighted by molar-refractivity contribution is 5.35. The number of rotatable bonds is 1. The van der Waals surface area contributed by atoms with Gasteiger partial charge in [-0.25, -0.2) is 4.39 Å². The van der Waals surface area contributed by atoms with Gasteiger partial charge in [-0.1, -0.05) is 0 Å². The van der Waals surface area contributed by atoms with E-state index >= 15 is 0 Å². The molecule has 13 heavy (non-hydrogen) atoms. The van der Waals surface area contributed by atoms with Crippen LogP contribution in [-0.2, 0) is 6.42 Å². The number of hydrogen-bond donors (Lipinski definition) is 1. The summed E-state index contributed by atoms with van der Waals surface area (Å²) in [5, 5.41) is 0. The van der Waals surface area contributed by atoms with Crippen LogP contribution in [-0.4, -0.2) is 13.2 Å². The Kier molecular flexibility index (Phi) is 2.19. The Hall–Kier alpha value is -1.09. The van der Waals surface area contributed by atoms with Crippen molar-refractivity contribution in [2.45, 2.75) is 6.42 Å². The molecule has 0 radical (unpaired) electrons. The van der Waals surface area contributed by atoms with Crippen molar-refractivity contribution in [3.63, 3.8) is 0 Å². The highest BCUT2D eigenvalue weighted by Crippen LogP contribution is 2.27. The average Bonchev–Trinajstić information content (AvgIpc) is 2.16. The first-order valence-electron chi connectivity index (χ1n) is 4.41. The Labute approximate surface area is 76.5 Å². The van der Waals surface area contributed by atoms with Crippen molar-refractivity contribution >= 4 is 0 Å². The summed E-state index contributed by atoms with van der Waals surface area (Å²) in [7, 11) is 0. The third kappa shape index (κ3) is 1.65. The number of benzene rings is 1. The molecule has 2 rings (SSSR count). The van der Waals surface area contributed by atoms with Gasteiger partial charge in [0.15, 0.2) is 0 Å². The molecule has 3 heteroatoms. The number of hydrogen-bond acceptors (Lipinski definition) is 2. The number of nitrogens with two attached hydrogens (primary N) is 1. The largest absolute Gasteiger partial charge is 0.493 e. The van der Waals surface area contributed by atoms with Gasteiger partial charge in [0.25, 0.3) is 0 Å². The van der Waals surface area contributed by atoms with Crippen LogP contribution in [0.1, 0.15) is 5.56 Å². The molecule has 0 spiro atoms. The molecule has 1 heterocycles. The second-order valence-electron chi connectivity index (χ2n) is 3.37. The van der Waals surface area contributed by atoms with Crippen LogP contribution in [0, 0.1) is 11.7 Å². The number of ether oxygens (including phenoxy) is 1. The fraction of sp³-hybridized carbons (Fsp3) is 0.400. The van der Waals surface area contributed by atoms with Crippen molar-refractivity contribution in [1.82, 2.24) is 0 Å². The first-order valence-corrected chi connectivity index (χ1v) is 4.41. The summed E-state index contributed by atoms with van der Waals surface area (Å²) >= 11 is 0. The lowest BCUT2D eigenvalue weighted by Gasteiger charge is -2.23. The maximum absolute atomic E-state index is 12.8. The third-order valence-electron chi connectivity index (χ3n) is 2.34. The molecule has 1 aliphatic rings. The van der Waals surface area contributed by atoms with E-state index in [0.29, 0.717) is 19.1 Å². The normalized spacial score (nSPS) is 20.6. The molecule has 1 aliphatic heterocycles. The maximum atomic E-state index is 12.8.